The van der Waals surface area contributed by atoms with Crippen LogP contribution < -0.4 is 0 Å². The zero-order valence-electron chi connectivity index (χ0n) is 10.8. The predicted octanol–water partition coefficient (Wildman–Crippen LogP) is 3.49. The summed E-state index contributed by atoms with van der Waals surface area (Å²) >= 11 is 0. The standard InChI is InChI=1S/C17H18O/c1-11-2-6-15-13(8-11)4-7-16(18)17(15)10-12-3-5-14(17)9-12/h2-3,6,8,14H,4-5,7,9-10H2,1H3. The topological polar surface area (TPSA) is 17.1 Å². The summed E-state index contributed by atoms with van der Waals surface area (Å²) in [5.41, 5.74) is 5.51. The van der Waals surface area contributed by atoms with Gasteiger partial charge in [-0.1, -0.05) is 35.4 Å². The molecule has 3 aliphatic rings. The maximum Gasteiger partial charge on any atom is 0.144 e. The minimum atomic E-state index is -0.134. The van der Waals surface area contributed by atoms with Crippen molar-refractivity contribution < 1.29 is 4.79 Å². The number of benzene rings is 1. The molecule has 92 valence electrons. The van der Waals surface area contributed by atoms with E-state index < -0.39 is 0 Å². The molecule has 0 radical (unpaired) electrons. The molecule has 0 amide bonds. The molecular weight excluding hydrogens is 220 g/mol. The molecule has 2 bridgehead atoms. The van der Waals surface area contributed by atoms with Crippen LogP contribution in [0, 0.1) is 12.8 Å². The van der Waals surface area contributed by atoms with Crippen LogP contribution in [-0.4, -0.2) is 5.78 Å². The van der Waals surface area contributed by atoms with E-state index in [1.54, 1.807) is 0 Å². The van der Waals surface area contributed by atoms with Crippen LogP contribution in [0.3, 0.4) is 0 Å². The molecule has 1 nitrogen and oxygen atoms in total. The Hall–Kier alpha value is -1.37. The SMILES string of the molecule is Cc1ccc2c(c1)CCC(=O)C21CC2=CCC1C2. The quantitative estimate of drug-likeness (QED) is 0.632. The van der Waals surface area contributed by atoms with E-state index in [1.807, 2.05) is 0 Å². The fraction of sp³-hybridized carbons (Fsp3) is 0.471. The second-order valence-electron chi connectivity index (χ2n) is 6.23. The zero-order chi connectivity index (χ0) is 12.3. The van der Waals surface area contributed by atoms with Crippen LogP contribution in [-0.2, 0) is 16.6 Å². The molecule has 1 saturated carbocycles. The van der Waals surface area contributed by atoms with Crippen LogP contribution in [0.2, 0.25) is 0 Å². The average Bonchev–Trinajstić information content (AvgIpc) is 2.95. The Morgan fingerprint density at radius 2 is 2.17 bits per heavy atom. The number of Topliss-reactive ketones (excluding diaryl/α,β-unsaturated/α-hetero) is 1. The van der Waals surface area contributed by atoms with Crippen molar-refractivity contribution >= 4 is 5.78 Å². The largest absolute Gasteiger partial charge is 0.299 e. The van der Waals surface area contributed by atoms with Crippen LogP contribution in [0.1, 0.15) is 42.4 Å². The third kappa shape index (κ3) is 1.15. The molecular formula is C17H18O. The van der Waals surface area contributed by atoms with Gasteiger partial charge in [-0.25, -0.2) is 0 Å². The molecule has 1 fully saturated rings. The number of hydrogen-bond acceptors (Lipinski definition) is 1. The first-order valence-electron chi connectivity index (χ1n) is 7.01. The van der Waals surface area contributed by atoms with Gasteiger partial charge in [0.2, 0.25) is 0 Å². The van der Waals surface area contributed by atoms with Crippen molar-refractivity contribution in [3.05, 3.63) is 46.5 Å². The first kappa shape index (κ1) is 10.5. The van der Waals surface area contributed by atoms with Crippen molar-refractivity contribution in [2.45, 2.75) is 44.4 Å². The third-order valence-electron chi connectivity index (χ3n) is 5.26. The van der Waals surface area contributed by atoms with Gasteiger partial charge in [0.1, 0.15) is 5.78 Å². The zero-order valence-corrected chi connectivity index (χ0v) is 10.8. The van der Waals surface area contributed by atoms with E-state index >= 15 is 0 Å². The van der Waals surface area contributed by atoms with Crippen molar-refractivity contribution in [1.29, 1.82) is 0 Å². The molecule has 0 aliphatic heterocycles. The number of allylic oxidation sites excluding steroid dienone is 2. The number of ketones is 1. The molecule has 18 heavy (non-hydrogen) atoms. The second kappa shape index (κ2) is 3.34. The van der Waals surface area contributed by atoms with Gasteiger partial charge in [-0.3, -0.25) is 4.79 Å². The summed E-state index contributed by atoms with van der Waals surface area (Å²) in [7, 11) is 0. The molecule has 0 heterocycles. The van der Waals surface area contributed by atoms with E-state index in [-0.39, 0.29) is 5.41 Å². The highest BCUT2D eigenvalue weighted by Crippen LogP contribution is 2.57. The van der Waals surface area contributed by atoms with E-state index in [4.69, 9.17) is 0 Å². The van der Waals surface area contributed by atoms with E-state index in [2.05, 4.69) is 31.2 Å². The summed E-state index contributed by atoms with van der Waals surface area (Å²) in [6.45, 7) is 2.15. The molecule has 2 atom stereocenters. The minimum absolute atomic E-state index is 0.134. The Bertz CT molecular complexity index is 581. The van der Waals surface area contributed by atoms with E-state index in [1.165, 1.54) is 28.7 Å². The van der Waals surface area contributed by atoms with Crippen LogP contribution in [0.15, 0.2) is 29.8 Å². The lowest BCUT2D eigenvalue weighted by Crippen LogP contribution is -2.43. The fourth-order valence-corrected chi connectivity index (χ4v) is 4.44. The van der Waals surface area contributed by atoms with Crippen LogP contribution in [0.4, 0.5) is 0 Å². The maximum atomic E-state index is 12.6. The van der Waals surface area contributed by atoms with Gasteiger partial charge in [0, 0.05) is 6.42 Å². The first-order valence-corrected chi connectivity index (χ1v) is 7.01. The molecule has 1 heteroatoms. The lowest BCUT2D eigenvalue weighted by molar-refractivity contribution is -0.126. The van der Waals surface area contributed by atoms with Crippen LogP contribution in [0.25, 0.3) is 0 Å². The molecule has 0 N–H and O–H groups in total. The number of carbonyl (C=O) groups excluding carboxylic acids is 1. The smallest absolute Gasteiger partial charge is 0.144 e. The first-order chi connectivity index (χ1) is 8.70. The second-order valence-corrected chi connectivity index (χ2v) is 6.23. The van der Waals surface area contributed by atoms with Gasteiger partial charge in [0.15, 0.2) is 0 Å². The normalized spacial score (nSPS) is 32.8. The van der Waals surface area contributed by atoms with Crippen molar-refractivity contribution in [1.82, 2.24) is 0 Å². The molecule has 0 aromatic heterocycles. The molecule has 1 aromatic rings. The highest BCUT2D eigenvalue weighted by atomic mass is 16.1. The van der Waals surface area contributed by atoms with Gasteiger partial charge in [0.05, 0.1) is 5.41 Å². The van der Waals surface area contributed by atoms with Crippen molar-refractivity contribution in [3.8, 4) is 0 Å². The fourth-order valence-electron chi connectivity index (χ4n) is 4.44. The third-order valence-corrected chi connectivity index (χ3v) is 5.26. The molecule has 3 aliphatic carbocycles. The monoisotopic (exact) mass is 238 g/mol. The highest BCUT2D eigenvalue weighted by molar-refractivity contribution is 5.94. The molecule has 2 unspecified atom stereocenters. The number of hydrogen-bond donors (Lipinski definition) is 0. The lowest BCUT2D eigenvalue weighted by atomic mass is 9.61. The average molecular weight is 238 g/mol. The Balaban J connectivity index is 1.94. The highest BCUT2D eigenvalue weighted by Gasteiger charge is 2.54. The van der Waals surface area contributed by atoms with Crippen LogP contribution >= 0.6 is 0 Å². The molecule has 1 spiro atoms. The van der Waals surface area contributed by atoms with E-state index in [9.17, 15) is 4.79 Å². The Morgan fingerprint density at radius 1 is 1.28 bits per heavy atom. The van der Waals surface area contributed by atoms with Gasteiger partial charge in [-0.15, -0.1) is 0 Å². The van der Waals surface area contributed by atoms with Gasteiger partial charge < -0.3 is 0 Å². The molecule has 4 rings (SSSR count). The number of fused-ring (bicyclic) bond motifs is 5. The lowest BCUT2D eigenvalue weighted by Gasteiger charge is -2.40. The Morgan fingerprint density at radius 3 is 2.89 bits per heavy atom. The number of rotatable bonds is 0. The van der Waals surface area contributed by atoms with Crippen molar-refractivity contribution in [2.24, 2.45) is 5.92 Å². The van der Waals surface area contributed by atoms with Crippen molar-refractivity contribution in [2.75, 3.05) is 0 Å². The van der Waals surface area contributed by atoms with Crippen molar-refractivity contribution in [3.63, 3.8) is 0 Å². The van der Waals surface area contributed by atoms with Gasteiger partial charge >= 0.3 is 0 Å². The summed E-state index contributed by atoms with van der Waals surface area (Å²) in [6.07, 6.45) is 7.36. The minimum Gasteiger partial charge on any atom is -0.299 e. The predicted molar refractivity (Wildman–Crippen MR) is 71.6 cm³/mol. The van der Waals surface area contributed by atoms with Gasteiger partial charge in [-0.05, 0) is 49.7 Å². The summed E-state index contributed by atoms with van der Waals surface area (Å²) < 4.78 is 0. The van der Waals surface area contributed by atoms with Gasteiger partial charge in [0.25, 0.3) is 0 Å². The van der Waals surface area contributed by atoms with Gasteiger partial charge in [-0.2, -0.15) is 0 Å². The molecule has 1 aromatic carbocycles. The summed E-state index contributed by atoms with van der Waals surface area (Å²) in [4.78, 5) is 12.6. The van der Waals surface area contributed by atoms with E-state index in [0.29, 0.717) is 11.7 Å². The maximum absolute atomic E-state index is 12.6. The number of carbonyl (C=O) groups is 1. The molecule has 0 saturated heterocycles. The number of aryl methyl sites for hydroxylation is 2. The summed E-state index contributed by atoms with van der Waals surface area (Å²) in [5.74, 6) is 1.06. The Labute approximate surface area is 108 Å². The van der Waals surface area contributed by atoms with Crippen LogP contribution in [0.5, 0.6) is 0 Å². The van der Waals surface area contributed by atoms with E-state index in [0.717, 1.165) is 25.7 Å². The Kier molecular flexibility index (Phi) is 1.96. The summed E-state index contributed by atoms with van der Waals surface area (Å²) in [6, 6.07) is 6.71. The summed E-state index contributed by atoms with van der Waals surface area (Å²) in [5, 5.41) is 0.